The number of sulfonamides is 1. The molecule has 40 heavy (non-hydrogen) atoms. The summed E-state index contributed by atoms with van der Waals surface area (Å²) in [4.78, 5) is 21.0. The Hall–Kier alpha value is -3.74. The zero-order chi connectivity index (χ0) is 28.1. The van der Waals surface area contributed by atoms with E-state index >= 15 is 0 Å². The molecule has 2 aromatic carbocycles. The highest BCUT2D eigenvalue weighted by atomic mass is 32.2. The molecule has 3 N–H and O–H groups in total. The van der Waals surface area contributed by atoms with Gasteiger partial charge in [0.2, 0.25) is 0 Å². The number of carbonyl (C=O) groups excluding carboxylic acids is 1. The van der Waals surface area contributed by atoms with Crippen LogP contribution in [-0.4, -0.2) is 73.8 Å². The quantitative estimate of drug-likeness (QED) is 0.283. The van der Waals surface area contributed by atoms with Gasteiger partial charge in [0, 0.05) is 49.9 Å². The van der Waals surface area contributed by atoms with Crippen LogP contribution in [0.4, 0.5) is 10.5 Å². The molecule has 2 fully saturated rings. The van der Waals surface area contributed by atoms with E-state index in [0.29, 0.717) is 70.0 Å². The molecule has 5 rings (SSSR count). The van der Waals surface area contributed by atoms with Crippen molar-refractivity contribution in [3.05, 3.63) is 78.3 Å². The Morgan fingerprint density at radius 3 is 2.55 bits per heavy atom. The van der Waals surface area contributed by atoms with Crippen LogP contribution in [0.1, 0.15) is 24.0 Å². The first-order valence-corrected chi connectivity index (χ1v) is 14.8. The average molecular weight is 567 g/mol. The predicted octanol–water partition coefficient (Wildman–Crippen LogP) is 3.13. The summed E-state index contributed by atoms with van der Waals surface area (Å²) in [5.74, 6) is 0.159. The summed E-state index contributed by atoms with van der Waals surface area (Å²) in [6, 6.07) is 17.0. The number of anilines is 1. The van der Waals surface area contributed by atoms with E-state index in [4.69, 9.17) is 20.3 Å². The molecule has 1 aromatic heterocycles. The molecule has 11 nitrogen and oxygen atoms in total. The minimum atomic E-state index is -3.71. The lowest BCUT2D eigenvalue weighted by atomic mass is 9.96. The third-order valence-electron chi connectivity index (χ3n) is 7.41. The number of rotatable bonds is 10. The lowest BCUT2D eigenvalue weighted by molar-refractivity contribution is 0.0661. The fourth-order valence-electron chi connectivity index (χ4n) is 5.29. The number of nitrogens with zero attached hydrogens (tertiary/aromatic N) is 4. The topological polar surface area (TPSA) is 146 Å². The van der Waals surface area contributed by atoms with Crippen molar-refractivity contribution < 1.29 is 22.4 Å². The number of piperidine rings is 1. The van der Waals surface area contributed by atoms with Gasteiger partial charge in [0.25, 0.3) is 15.1 Å². The Labute approximate surface area is 234 Å². The van der Waals surface area contributed by atoms with Gasteiger partial charge in [-0.15, -0.1) is 0 Å². The van der Waals surface area contributed by atoms with Crippen LogP contribution >= 0.6 is 0 Å². The van der Waals surface area contributed by atoms with Gasteiger partial charge in [-0.1, -0.05) is 42.5 Å². The molecule has 2 amide bonds. The molecule has 2 aliphatic heterocycles. The summed E-state index contributed by atoms with van der Waals surface area (Å²) in [6.45, 7) is 3.23. The maximum Gasteiger partial charge on any atom is 0.324 e. The molecule has 1 unspecified atom stereocenters. The van der Waals surface area contributed by atoms with Gasteiger partial charge in [-0.3, -0.25) is 10.3 Å². The predicted molar refractivity (Wildman–Crippen MR) is 149 cm³/mol. The van der Waals surface area contributed by atoms with E-state index in [1.54, 1.807) is 23.1 Å². The second-order valence-electron chi connectivity index (χ2n) is 10.3. The molecule has 12 heteroatoms. The Bertz CT molecular complexity index is 1410. The van der Waals surface area contributed by atoms with Crippen molar-refractivity contribution in [1.82, 2.24) is 14.2 Å². The van der Waals surface area contributed by atoms with Gasteiger partial charge in [-0.25, -0.2) is 18.2 Å². The minimum absolute atomic E-state index is 0.0575. The number of oxazole rings is 1. The maximum absolute atomic E-state index is 13.7. The normalized spacial score (nSPS) is 19.2. The number of nitrogen functional groups attached to an aromatic ring is 1. The van der Waals surface area contributed by atoms with E-state index in [9.17, 15) is 13.2 Å². The molecule has 0 saturated carbocycles. The van der Waals surface area contributed by atoms with E-state index in [0.717, 1.165) is 12.0 Å². The van der Waals surface area contributed by atoms with Crippen LogP contribution in [0.2, 0.25) is 0 Å². The monoisotopic (exact) mass is 566 g/mol. The summed E-state index contributed by atoms with van der Waals surface area (Å²) in [5, 5.41) is 7.66. The average Bonchev–Trinajstić information content (AvgIpc) is 3.52. The number of nitrogens with one attached hydrogen (secondary N) is 1. The van der Waals surface area contributed by atoms with E-state index in [1.807, 2.05) is 41.3 Å². The first-order valence-electron chi connectivity index (χ1n) is 13.3. The van der Waals surface area contributed by atoms with Crippen molar-refractivity contribution in [2.24, 2.45) is 17.6 Å². The number of carbonyl (C=O) groups is 1. The Morgan fingerprint density at radius 2 is 1.85 bits per heavy atom. The molecule has 2 saturated heterocycles. The number of hydrogen-bond donors (Lipinski definition) is 2. The SMILES string of the molecule is N=C(N)c1cccc(N2CC(COCc3ccccc3)CN(CC3CCN(S(=O)(=O)c4cnco4)CC3)C2=O)c1. The number of hydrogen-bond acceptors (Lipinski definition) is 7. The highest BCUT2D eigenvalue weighted by Gasteiger charge is 2.37. The molecule has 0 radical (unpaired) electrons. The number of benzene rings is 2. The second-order valence-corrected chi connectivity index (χ2v) is 12.2. The summed E-state index contributed by atoms with van der Waals surface area (Å²) >= 11 is 0. The first kappa shape index (κ1) is 27.8. The smallest absolute Gasteiger partial charge is 0.324 e. The maximum atomic E-state index is 13.7. The van der Waals surface area contributed by atoms with Gasteiger partial charge in [-0.2, -0.15) is 4.31 Å². The highest BCUT2D eigenvalue weighted by molar-refractivity contribution is 7.89. The number of aromatic nitrogens is 1. The van der Waals surface area contributed by atoms with Gasteiger partial charge in [0.15, 0.2) is 6.39 Å². The number of urea groups is 1. The molecule has 0 bridgehead atoms. The van der Waals surface area contributed by atoms with Gasteiger partial charge in [0.1, 0.15) is 5.84 Å². The zero-order valence-corrected chi connectivity index (χ0v) is 23.0. The molecule has 1 atom stereocenters. The lowest BCUT2D eigenvalue weighted by Crippen LogP contribution is -2.56. The summed E-state index contributed by atoms with van der Waals surface area (Å²) in [5.41, 5.74) is 8.04. The summed E-state index contributed by atoms with van der Waals surface area (Å²) < 4.78 is 38.1. The Kier molecular flexibility index (Phi) is 8.48. The van der Waals surface area contributed by atoms with Crippen LogP contribution in [0.5, 0.6) is 0 Å². The van der Waals surface area contributed by atoms with Crippen LogP contribution < -0.4 is 10.6 Å². The highest BCUT2D eigenvalue weighted by Crippen LogP contribution is 2.28. The molecule has 3 aromatic rings. The standard InChI is InChI=1S/C28H34N6O5S/c29-27(30)24-7-4-8-25(13-24)34-17-23(19-38-18-22-5-2-1-3-6-22)16-32(28(34)35)15-21-9-11-33(12-10-21)40(36,37)26-14-31-20-39-26/h1-8,13-14,20-21,23H,9-12,15-19H2,(H3,29,30). The molecule has 3 heterocycles. The van der Waals surface area contributed by atoms with Gasteiger partial charge in [-0.05, 0) is 36.5 Å². The fraction of sp³-hybridized carbons (Fsp3) is 0.393. The largest absolute Gasteiger partial charge is 0.431 e. The number of amides is 2. The first-order chi connectivity index (χ1) is 19.3. The van der Waals surface area contributed by atoms with Gasteiger partial charge in [0.05, 0.1) is 19.4 Å². The van der Waals surface area contributed by atoms with Crippen molar-refractivity contribution in [3.8, 4) is 0 Å². The van der Waals surface area contributed by atoms with Crippen LogP contribution in [0.25, 0.3) is 0 Å². The van der Waals surface area contributed by atoms with E-state index in [2.05, 4.69) is 4.98 Å². The molecule has 212 valence electrons. The molecule has 0 spiro atoms. The van der Waals surface area contributed by atoms with E-state index < -0.39 is 10.0 Å². The number of nitrogens with two attached hydrogens (primary N) is 1. The van der Waals surface area contributed by atoms with Crippen molar-refractivity contribution in [3.63, 3.8) is 0 Å². The van der Waals surface area contributed by atoms with Crippen LogP contribution in [0.15, 0.2) is 76.7 Å². The second kappa shape index (κ2) is 12.2. The summed E-state index contributed by atoms with van der Waals surface area (Å²) in [7, 11) is -3.71. The fourth-order valence-corrected chi connectivity index (χ4v) is 6.59. The zero-order valence-electron chi connectivity index (χ0n) is 22.2. The molecular weight excluding hydrogens is 532 g/mol. The van der Waals surface area contributed by atoms with Crippen molar-refractivity contribution >= 4 is 27.6 Å². The number of ether oxygens (including phenoxy) is 1. The van der Waals surface area contributed by atoms with Crippen LogP contribution in [-0.2, 0) is 21.4 Å². The summed E-state index contributed by atoms with van der Waals surface area (Å²) in [6.07, 6.45) is 3.58. The molecule has 2 aliphatic rings. The Morgan fingerprint density at radius 1 is 1.07 bits per heavy atom. The third kappa shape index (κ3) is 6.35. The lowest BCUT2D eigenvalue weighted by Gasteiger charge is -2.42. The van der Waals surface area contributed by atoms with Crippen molar-refractivity contribution in [1.29, 1.82) is 5.41 Å². The van der Waals surface area contributed by atoms with Crippen molar-refractivity contribution in [2.75, 3.05) is 44.2 Å². The van der Waals surface area contributed by atoms with Gasteiger partial charge < -0.3 is 19.8 Å². The molecule has 0 aliphatic carbocycles. The minimum Gasteiger partial charge on any atom is -0.431 e. The van der Waals surface area contributed by atoms with E-state index in [1.165, 1.54) is 10.5 Å². The Balaban J connectivity index is 1.27. The van der Waals surface area contributed by atoms with Gasteiger partial charge >= 0.3 is 6.03 Å². The number of amidine groups is 1. The van der Waals surface area contributed by atoms with Crippen LogP contribution in [0, 0.1) is 17.2 Å². The third-order valence-corrected chi connectivity index (χ3v) is 9.17. The molecular formula is C28H34N6O5S. The van der Waals surface area contributed by atoms with Crippen LogP contribution in [0.3, 0.4) is 0 Å². The van der Waals surface area contributed by atoms with E-state index in [-0.39, 0.29) is 28.8 Å². The van der Waals surface area contributed by atoms with Crippen molar-refractivity contribution in [2.45, 2.75) is 24.5 Å².